The van der Waals surface area contributed by atoms with Crippen molar-refractivity contribution in [2.75, 3.05) is 6.54 Å². The van der Waals surface area contributed by atoms with E-state index in [1.165, 1.54) is 6.20 Å². The lowest BCUT2D eigenvalue weighted by molar-refractivity contribution is 0.0695. The van der Waals surface area contributed by atoms with E-state index in [2.05, 4.69) is 22.3 Å². The number of hydrogen-bond acceptors (Lipinski definition) is 6. The number of unbranched alkanes of at least 4 members (excludes halogenated alkanes) is 3. The molecule has 0 unspecified atom stereocenters. The predicted octanol–water partition coefficient (Wildman–Crippen LogP) is 5.05. The number of carboxylic acids is 1. The summed E-state index contributed by atoms with van der Waals surface area (Å²) in [7, 11) is -1.93. The molecule has 2 heterocycles. The molecular formula is C30H36N6O4S. The van der Waals surface area contributed by atoms with Gasteiger partial charge in [-0.25, -0.2) is 17.9 Å². The summed E-state index contributed by atoms with van der Waals surface area (Å²) in [4.78, 5) is 12.4. The van der Waals surface area contributed by atoms with Crippen molar-refractivity contribution < 1.29 is 18.3 Å². The van der Waals surface area contributed by atoms with E-state index in [-0.39, 0.29) is 23.9 Å². The van der Waals surface area contributed by atoms with E-state index in [4.69, 9.17) is 0 Å². The van der Waals surface area contributed by atoms with Crippen LogP contribution in [0.15, 0.2) is 65.8 Å². The molecule has 216 valence electrons. The molecule has 0 saturated heterocycles. The van der Waals surface area contributed by atoms with Gasteiger partial charge in [-0.05, 0) is 49.1 Å². The molecule has 0 spiro atoms. The third-order valence-electron chi connectivity index (χ3n) is 7.67. The van der Waals surface area contributed by atoms with E-state index < -0.39 is 16.0 Å². The monoisotopic (exact) mass is 576 g/mol. The van der Waals surface area contributed by atoms with Gasteiger partial charge in [-0.1, -0.05) is 61.7 Å². The summed E-state index contributed by atoms with van der Waals surface area (Å²) in [5, 5.41) is 22.6. The van der Waals surface area contributed by atoms with Crippen LogP contribution < -0.4 is 0 Å². The summed E-state index contributed by atoms with van der Waals surface area (Å²) in [6, 6.07) is 14.6. The van der Waals surface area contributed by atoms with Crippen molar-refractivity contribution in [3.8, 4) is 5.69 Å². The fourth-order valence-electron chi connectivity index (χ4n) is 5.42. The van der Waals surface area contributed by atoms with Crippen LogP contribution >= 0.6 is 0 Å². The van der Waals surface area contributed by atoms with Gasteiger partial charge in [-0.15, -0.1) is 5.10 Å². The normalized spacial score (nSPS) is 16.8. The Kier molecular flexibility index (Phi) is 8.37. The second kappa shape index (κ2) is 12.0. The first-order valence-corrected chi connectivity index (χ1v) is 15.5. The van der Waals surface area contributed by atoms with Crippen molar-refractivity contribution in [2.45, 2.75) is 69.2 Å². The molecule has 5 rings (SSSR count). The lowest BCUT2D eigenvalue weighted by Crippen LogP contribution is -2.32. The first kappa shape index (κ1) is 28.7. The minimum atomic E-state index is -3.73. The Bertz CT molecular complexity index is 1640. The van der Waals surface area contributed by atoms with Gasteiger partial charge in [0.05, 0.1) is 28.2 Å². The van der Waals surface area contributed by atoms with Gasteiger partial charge in [-0.3, -0.25) is 4.68 Å². The summed E-state index contributed by atoms with van der Waals surface area (Å²) >= 11 is 0. The Morgan fingerprint density at radius 3 is 2.61 bits per heavy atom. The molecule has 41 heavy (non-hydrogen) atoms. The van der Waals surface area contributed by atoms with Gasteiger partial charge in [0, 0.05) is 38.2 Å². The number of carbonyl (C=O) groups is 1. The third kappa shape index (κ3) is 6.11. The molecule has 1 aliphatic carbocycles. The van der Waals surface area contributed by atoms with Crippen LogP contribution in [0.2, 0.25) is 0 Å². The van der Waals surface area contributed by atoms with Gasteiger partial charge in [0.25, 0.3) is 0 Å². The van der Waals surface area contributed by atoms with E-state index in [1.807, 2.05) is 49.5 Å². The Balaban J connectivity index is 1.46. The van der Waals surface area contributed by atoms with E-state index in [0.717, 1.165) is 43.4 Å². The first-order chi connectivity index (χ1) is 19.7. The van der Waals surface area contributed by atoms with Crippen LogP contribution in [0.3, 0.4) is 0 Å². The quantitative estimate of drug-likeness (QED) is 0.221. The number of aromatic carboxylic acids is 1. The number of benzene rings is 2. The number of rotatable bonds is 13. The number of sulfonamides is 1. The maximum absolute atomic E-state index is 13.8. The van der Waals surface area contributed by atoms with Crippen molar-refractivity contribution in [2.24, 2.45) is 7.05 Å². The second-order valence-electron chi connectivity index (χ2n) is 10.8. The van der Waals surface area contributed by atoms with Gasteiger partial charge in [0.2, 0.25) is 10.0 Å². The number of carboxylic acid groups (broad SMARTS) is 1. The number of aryl methyl sites for hydroxylation is 2. The summed E-state index contributed by atoms with van der Waals surface area (Å²) in [5.74, 6) is -1.02. The summed E-state index contributed by atoms with van der Waals surface area (Å²) < 4.78 is 32.5. The molecule has 2 aromatic carbocycles. The molecule has 0 aliphatic heterocycles. The fourth-order valence-corrected chi connectivity index (χ4v) is 7.11. The molecule has 0 radical (unpaired) electrons. The highest BCUT2D eigenvalue weighted by Gasteiger charge is 2.46. The molecule has 10 nitrogen and oxygen atoms in total. The average molecular weight is 577 g/mol. The molecule has 2 aromatic heterocycles. The van der Waals surface area contributed by atoms with Crippen LogP contribution in [0.5, 0.6) is 0 Å². The topological polar surface area (TPSA) is 123 Å². The van der Waals surface area contributed by atoms with E-state index in [9.17, 15) is 18.3 Å². The van der Waals surface area contributed by atoms with E-state index in [1.54, 1.807) is 32.8 Å². The zero-order valence-corrected chi connectivity index (χ0v) is 24.5. The van der Waals surface area contributed by atoms with Crippen molar-refractivity contribution in [1.82, 2.24) is 29.1 Å². The molecule has 1 saturated carbocycles. The number of aromatic nitrogens is 5. The Labute approximate surface area is 240 Å². The molecule has 1 fully saturated rings. The minimum Gasteiger partial charge on any atom is -0.478 e. The highest BCUT2D eigenvalue weighted by molar-refractivity contribution is 7.89. The Morgan fingerprint density at radius 1 is 1.10 bits per heavy atom. The molecule has 0 bridgehead atoms. The maximum atomic E-state index is 13.8. The van der Waals surface area contributed by atoms with Crippen LogP contribution in [0.4, 0.5) is 0 Å². The van der Waals surface area contributed by atoms with E-state index in [0.29, 0.717) is 28.4 Å². The van der Waals surface area contributed by atoms with Crippen LogP contribution in [0.1, 0.15) is 83.7 Å². The lowest BCUT2D eigenvalue weighted by atomic mass is 10.1. The van der Waals surface area contributed by atoms with Crippen molar-refractivity contribution in [1.29, 1.82) is 0 Å². The fraction of sp³-hybridized carbons (Fsp3) is 0.400. The van der Waals surface area contributed by atoms with Gasteiger partial charge in [0.15, 0.2) is 0 Å². The van der Waals surface area contributed by atoms with E-state index >= 15 is 0 Å². The first-order valence-electron chi connectivity index (χ1n) is 14.0. The summed E-state index contributed by atoms with van der Waals surface area (Å²) in [6.07, 6.45) is 7.85. The van der Waals surface area contributed by atoms with Gasteiger partial charge in [-0.2, -0.15) is 9.40 Å². The largest absolute Gasteiger partial charge is 0.478 e. The standard InChI is InChI=1S/C30H36N6O4S/c1-4-5-6-9-15-35(41(39,40)28-14-8-7-11-21(28)2)19-22-12-10-13-23(16-22)36-29(26(18-31-36)30(37)38)25-17-24(25)27-20-34(3)33-32-27/h7-8,10-14,16,18,20,24-25H,4-6,9,15,17,19H2,1-3H3,(H,37,38)/t24-,25-/m1/s1. The minimum absolute atomic E-state index is 0.0551. The molecule has 1 N–H and O–H groups in total. The van der Waals surface area contributed by atoms with Gasteiger partial charge >= 0.3 is 5.97 Å². The molecular weight excluding hydrogens is 540 g/mol. The maximum Gasteiger partial charge on any atom is 0.339 e. The Morgan fingerprint density at radius 2 is 1.90 bits per heavy atom. The lowest BCUT2D eigenvalue weighted by Gasteiger charge is -2.23. The number of hydrogen-bond donors (Lipinski definition) is 1. The number of nitrogens with zero attached hydrogens (tertiary/aromatic N) is 6. The van der Waals surface area contributed by atoms with Crippen molar-refractivity contribution >= 4 is 16.0 Å². The van der Waals surface area contributed by atoms with Crippen LogP contribution in [0.25, 0.3) is 5.69 Å². The molecule has 11 heteroatoms. The zero-order valence-electron chi connectivity index (χ0n) is 23.6. The second-order valence-corrected chi connectivity index (χ2v) is 12.7. The molecule has 0 amide bonds. The zero-order chi connectivity index (χ0) is 29.1. The highest BCUT2D eigenvalue weighted by Crippen LogP contribution is 2.55. The SMILES string of the molecule is CCCCCCN(Cc1cccc(-n2ncc(C(=O)O)c2[C@@H]2C[C@H]2c2cn(C)nn2)c1)S(=O)(=O)c1ccccc1C. The van der Waals surface area contributed by atoms with Crippen LogP contribution in [-0.4, -0.2) is 55.1 Å². The van der Waals surface area contributed by atoms with Crippen LogP contribution in [0, 0.1) is 6.92 Å². The Hall–Kier alpha value is -3.83. The smallest absolute Gasteiger partial charge is 0.339 e. The van der Waals surface area contributed by atoms with Crippen LogP contribution in [-0.2, 0) is 23.6 Å². The van der Waals surface area contributed by atoms with Gasteiger partial charge in [0.1, 0.15) is 5.56 Å². The molecule has 2 atom stereocenters. The summed E-state index contributed by atoms with van der Waals surface area (Å²) in [5.41, 5.74) is 3.81. The third-order valence-corrected chi connectivity index (χ3v) is 9.67. The highest BCUT2D eigenvalue weighted by atomic mass is 32.2. The summed E-state index contributed by atoms with van der Waals surface area (Å²) in [6.45, 7) is 4.56. The van der Waals surface area contributed by atoms with Crippen molar-refractivity contribution in [3.05, 3.63) is 89.0 Å². The van der Waals surface area contributed by atoms with Crippen molar-refractivity contribution in [3.63, 3.8) is 0 Å². The average Bonchev–Trinajstić information content (AvgIpc) is 3.39. The van der Waals surface area contributed by atoms with Gasteiger partial charge < -0.3 is 5.11 Å². The molecule has 1 aliphatic rings. The molecule has 4 aromatic rings. The predicted molar refractivity (Wildman–Crippen MR) is 155 cm³/mol.